The Morgan fingerprint density at radius 2 is 1.85 bits per heavy atom. The molecule has 0 fully saturated rings. The van der Waals surface area contributed by atoms with Crippen molar-refractivity contribution in [3.8, 4) is 0 Å². The summed E-state index contributed by atoms with van der Waals surface area (Å²) < 4.78 is 0. The van der Waals surface area contributed by atoms with E-state index in [2.05, 4.69) is 38.8 Å². The molecule has 110 valence electrons. The predicted molar refractivity (Wildman–Crippen MR) is 84.1 cm³/mol. The normalized spacial score (nSPS) is 16.9. The molecule has 20 heavy (non-hydrogen) atoms. The number of para-hydroxylation sites is 2. The predicted octanol–water partition coefficient (Wildman–Crippen LogP) is 2.23. The largest absolute Gasteiger partial charge is 0.371 e. The number of amides is 1. The van der Waals surface area contributed by atoms with Crippen molar-refractivity contribution in [3.63, 3.8) is 0 Å². The zero-order valence-electron chi connectivity index (χ0n) is 12.9. The average molecular weight is 275 g/mol. The molecule has 2 N–H and O–H groups in total. The number of benzene rings is 1. The van der Waals surface area contributed by atoms with Crippen LogP contribution in [0.5, 0.6) is 0 Å². The topological polar surface area (TPSA) is 49.6 Å². The Bertz CT molecular complexity index is 493. The van der Waals surface area contributed by atoms with Crippen LogP contribution in [0.25, 0.3) is 0 Å². The lowest BCUT2D eigenvalue weighted by atomic mass is 9.85. The Kier molecular flexibility index (Phi) is 4.04. The lowest BCUT2D eigenvalue weighted by Crippen LogP contribution is -2.46. The molecule has 0 aromatic heterocycles. The van der Waals surface area contributed by atoms with E-state index in [9.17, 15) is 4.79 Å². The third-order valence-corrected chi connectivity index (χ3v) is 4.05. The van der Waals surface area contributed by atoms with Gasteiger partial charge in [-0.3, -0.25) is 4.79 Å². The summed E-state index contributed by atoms with van der Waals surface area (Å²) in [6.07, 6.45) is 0.390. The first-order valence-corrected chi connectivity index (χ1v) is 7.17. The third kappa shape index (κ3) is 2.96. The molecule has 0 saturated carbocycles. The maximum absolute atomic E-state index is 12.6. The lowest BCUT2D eigenvalue weighted by molar-refractivity contribution is -0.119. The van der Waals surface area contributed by atoms with Crippen molar-refractivity contribution in [3.05, 3.63) is 24.3 Å². The van der Waals surface area contributed by atoms with E-state index >= 15 is 0 Å². The molecule has 0 bridgehead atoms. The summed E-state index contributed by atoms with van der Waals surface area (Å²) in [5.74, 6) is 0.118. The molecule has 1 amide bonds. The molecule has 1 atom stereocenters. The summed E-state index contributed by atoms with van der Waals surface area (Å²) in [6.45, 7) is 7.80. The van der Waals surface area contributed by atoms with Crippen molar-refractivity contribution >= 4 is 17.3 Å². The number of nitrogens with two attached hydrogens (primary N) is 1. The van der Waals surface area contributed by atoms with Gasteiger partial charge in [0.05, 0.1) is 11.4 Å². The van der Waals surface area contributed by atoms with Gasteiger partial charge in [0.2, 0.25) is 5.91 Å². The second-order valence-corrected chi connectivity index (χ2v) is 6.63. The van der Waals surface area contributed by atoms with E-state index < -0.39 is 0 Å². The van der Waals surface area contributed by atoms with E-state index in [0.29, 0.717) is 6.42 Å². The standard InChI is InChI=1S/C16H25N3O/c1-16(2,3)14(17)11-15(20)19-10-9-18(4)12-7-5-6-8-13(12)19/h5-8,14H,9-11,17H2,1-4H3. The fourth-order valence-corrected chi connectivity index (χ4v) is 2.37. The molecule has 1 aromatic rings. The van der Waals surface area contributed by atoms with E-state index in [4.69, 9.17) is 5.73 Å². The van der Waals surface area contributed by atoms with Gasteiger partial charge in [0.15, 0.2) is 0 Å². The minimum absolute atomic E-state index is 0.0538. The Hall–Kier alpha value is -1.55. The number of carbonyl (C=O) groups excluding carboxylic acids is 1. The van der Waals surface area contributed by atoms with Crippen LogP contribution in [0.3, 0.4) is 0 Å². The van der Waals surface area contributed by atoms with Gasteiger partial charge in [0.1, 0.15) is 0 Å². The lowest BCUT2D eigenvalue weighted by Gasteiger charge is -2.37. The number of carbonyl (C=O) groups is 1. The number of rotatable bonds is 2. The van der Waals surface area contributed by atoms with Gasteiger partial charge in [0, 0.05) is 32.6 Å². The summed E-state index contributed by atoms with van der Waals surface area (Å²) in [4.78, 5) is 16.6. The van der Waals surface area contributed by atoms with Crippen LogP contribution < -0.4 is 15.5 Å². The zero-order valence-corrected chi connectivity index (χ0v) is 12.9. The summed E-state index contributed by atoms with van der Waals surface area (Å²) in [5.41, 5.74) is 8.19. The number of hydrogen-bond donors (Lipinski definition) is 1. The van der Waals surface area contributed by atoms with Crippen LogP contribution in [-0.4, -0.2) is 32.1 Å². The molecular formula is C16H25N3O. The van der Waals surface area contributed by atoms with Gasteiger partial charge < -0.3 is 15.5 Å². The van der Waals surface area contributed by atoms with Crippen molar-refractivity contribution in [1.82, 2.24) is 0 Å². The summed E-state index contributed by atoms with van der Waals surface area (Å²) in [6, 6.07) is 7.91. The third-order valence-electron chi connectivity index (χ3n) is 4.05. The summed E-state index contributed by atoms with van der Waals surface area (Å²) in [5, 5.41) is 0. The van der Waals surface area contributed by atoms with Crippen LogP contribution >= 0.6 is 0 Å². The highest BCUT2D eigenvalue weighted by Gasteiger charge is 2.29. The van der Waals surface area contributed by atoms with Crippen molar-refractivity contribution in [2.75, 3.05) is 29.9 Å². The quantitative estimate of drug-likeness (QED) is 0.900. The van der Waals surface area contributed by atoms with Crippen molar-refractivity contribution in [2.24, 2.45) is 11.1 Å². The van der Waals surface area contributed by atoms with Crippen LogP contribution in [0.4, 0.5) is 11.4 Å². The monoisotopic (exact) mass is 275 g/mol. The van der Waals surface area contributed by atoms with Crippen molar-refractivity contribution in [1.29, 1.82) is 0 Å². The van der Waals surface area contributed by atoms with Gasteiger partial charge in [-0.2, -0.15) is 0 Å². The molecule has 4 heteroatoms. The molecule has 0 radical (unpaired) electrons. The Morgan fingerprint density at radius 1 is 1.25 bits per heavy atom. The van der Waals surface area contributed by atoms with E-state index in [1.54, 1.807) is 0 Å². The SMILES string of the molecule is CN1CCN(C(=O)CC(N)C(C)(C)C)c2ccccc21. The first kappa shape index (κ1) is 14.9. The zero-order chi connectivity index (χ0) is 14.9. The van der Waals surface area contributed by atoms with Gasteiger partial charge in [-0.25, -0.2) is 0 Å². The molecule has 0 saturated heterocycles. The second kappa shape index (κ2) is 5.44. The highest BCUT2D eigenvalue weighted by Crippen LogP contribution is 2.32. The maximum atomic E-state index is 12.6. The molecule has 2 rings (SSSR count). The van der Waals surface area contributed by atoms with Crippen molar-refractivity contribution in [2.45, 2.75) is 33.2 Å². The first-order chi connectivity index (χ1) is 9.30. The van der Waals surface area contributed by atoms with Gasteiger partial charge in [-0.05, 0) is 17.5 Å². The molecule has 4 nitrogen and oxygen atoms in total. The molecule has 0 aliphatic carbocycles. The fourth-order valence-electron chi connectivity index (χ4n) is 2.37. The Labute approximate surface area is 121 Å². The Balaban J connectivity index is 2.18. The molecule has 1 unspecified atom stereocenters. The van der Waals surface area contributed by atoms with Gasteiger partial charge in [-0.15, -0.1) is 0 Å². The first-order valence-electron chi connectivity index (χ1n) is 7.17. The number of fused-ring (bicyclic) bond motifs is 1. The minimum atomic E-state index is -0.123. The van der Waals surface area contributed by atoms with Gasteiger partial charge in [-0.1, -0.05) is 32.9 Å². The summed E-state index contributed by atoms with van der Waals surface area (Å²) >= 11 is 0. The van der Waals surface area contributed by atoms with Gasteiger partial charge in [0.25, 0.3) is 0 Å². The van der Waals surface area contributed by atoms with E-state index in [-0.39, 0.29) is 17.4 Å². The molecule has 1 aliphatic rings. The number of nitrogens with zero attached hydrogens (tertiary/aromatic N) is 2. The number of hydrogen-bond acceptors (Lipinski definition) is 3. The van der Waals surface area contributed by atoms with E-state index in [1.807, 2.05) is 23.1 Å². The molecule has 1 aromatic carbocycles. The van der Waals surface area contributed by atoms with Crippen LogP contribution in [0, 0.1) is 5.41 Å². The van der Waals surface area contributed by atoms with Crippen LogP contribution in [-0.2, 0) is 4.79 Å². The van der Waals surface area contributed by atoms with E-state index in [0.717, 1.165) is 24.5 Å². The molecule has 0 spiro atoms. The highest BCUT2D eigenvalue weighted by molar-refractivity contribution is 5.98. The second-order valence-electron chi connectivity index (χ2n) is 6.63. The fraction of sp³-hybridized carbons (Fsp3) is 0.562. The Morgan fingerprint density at radius 3 is 2.45 bits per heavy atom. The van der Waals surface area contributed by atoms with Crippen LogP contribution in [0.15, 0.2) is 24.3 Å². The molecule has 1 aliphatic heterocycles. The number of likely N-dealkylation sites (N-methyl/N-ethyl adjacent to an activating group) is 1. The smallest absolute Gasteiger partial charge is 0.228 e. The van der Waals surface area contributed by atoms with Crippen LogP contribution in [0.1, 0.15) is 27.2 Å². The maximum Gasteiger partial charge on any atom is 0.228 e. The average Bonchev–Trinajstić information content (AvgIpc) is 2.38. The van der Waals surface area contributed by atoms with E-state index in [1.165, 1.54) is 0 Å². The molecule has 1 heterocycles. The minimum Gasteiger partial charge on any atom is -0.371 e. The highest BCUT2D eigenvalue weighted by atomic mass is 16.2. The summed E-state index contributed by atoms with van der Waals surface area (Å²) in [7, 11) is 2.06. The molecular weight excluding hydrogens is 250 g/mol. The van der Waals surface area contributed by atoms with Gasteiger partial charge >= 0.3 is 0 Å². The van der Waals surface area contributed by atoms with Crippen molar-refractivity contribution < 1.29 is 4.79 Å². The van der Waals surface area contributed by atoms with Crippen LogP contribution in [0.2, 0.25) is 0 Å². The number of anilines is 2.